The Bertz CT molecular complexity index is 436. The molecule has 1 rings (SSSR count). The SMILES string of the molecule is CCNC(=NCc1cccc(OC)c1O)NC(C)C.I. The number of methoxy groups -OCH3 is 1. The minimum Gasteiger partial charge on any atom is -0.504 e. The van der Waals surface area contributed by atoms with Gasteiger partial charge in [-0.15, -0.1) is 24.0 Å². The number of hydrogen-bond donors (Lipinski definition) is 3. The molecular weight excluding hydrogens is 369 g/mol. The molecule has 0 unspecified atom stereocenters. The third kappa shape index (κ3) is 5.85. The van der Waals surface area contributed by atoms with Gasteiger partial charge in [0.15, 0.2) is 17.5 Å². The van der Waals surface area contributed by atoms with Crippen LogP contribution in [0.25, 0.3) is 0 Å². The van der Waals surface area contributed by atoms with Crippen molar-refractivity contribution in [3.63, 3.8) is 0 Å². The molecule has 0 spiro atoms. The zero-order valence-corrected chi connectivity index (χ0v) is 14.8. The molecule has 3 N–H and O–H groups in total. The summed E-state index contributed by atoms with van der Waals surface area (Å²) in [4.78, 5) is 4.44. The van der Waals surface area contributed by atoms with Crippen molar-refractivity contribution in [1.82, 2.24) is 10.6 Å². The van der Waals surface area contributed by atoms with Gasteiger partial charge in [-0.3, -0.25) is 0 Å². The van der Waals surface area contributed by atoms with Crippen molar-refractivity contribution < 1.29 is 9.84 Å². The van der Waals surface area contributed by atoms with Gasteiger partial charge in [-0.25, -0.2) is 4.99 Å². The zero-order chi connectivity index (χ0) is 14.3. The molecule has 0 atom stereocenters. The van der Waals surface area contributed by atoms with Crippen molar-refractivity contribution in [2.24, 2.45) is 4.99 Å². The Labute approximate surface area is 137 Å². The predicted molar refractivity (Wildman–Crippen MR) is 93.2 cm³/mol. The van der Waals surface area contributed by atoms with E-state index in [0.717, 1.165) is 18.1 Å². The Morgan fingerprint density at radius 3 is 2.65 bits per heavy atom. The number of nitrogens with zero attached hydrogens (tertiary/aromatic N) is 1. The third-order valence-electron chi connectivity index (χ3n) is 2.48. The number of ether oxygens (including phenoxy) is 1. The highest BCUT2D eigenvalue weighted by Crippen LogP contribution is 2.29. The molecule has 0 aromatic heterocycles. The number of nitrogens with one attached hydrogen (secondary N) is 2. The summed E-state index contributed by atoms with van der Waals surface area (Å²) in [5.74, 6) is 1.35. The maximum absolute atomic E-state index is 9.98. The second kappa shape index (κ2) is 9.68. The highest BCUT2D eigenvalue weighted by molar-refractivity contribution is 14.0. The quantitative estimate of drug-likeness (QED) is 0.409. The summed E-state index contributed by atoms with van der Waals surface area (Å²) in [7, 11) is 1.53. The number of guanidine groups is 1. The Morgan fingerprint density at radius 1 is 1.40 bits per heavy atom. The van der Waals surface area contributed by atoms with E-state index in [1.54, 1.807) is 6.07 Å². The van der Waals surface area contributed by atoms with Crippen molar-refractivity contribution in [2.75, 3.05) is 13.7 Å². The maximum Gasteiger partial charge on any atom is 0.191 e. The summed E-state index contributed by atoms with van der Waals surface area (Å²) in [6.45, 7) is 7.31. The number of halogens is 1. The van der Waals surface area contributed by atoms with Crippen LogP contribution >= 0.6 is 24.0 Å². The standard InChI is InChI=1S/C14H23N3O2.HI/c1-5-15-14(17-10(2)3)16-9-11-7-6-8-12(19-4)13(11)18;/h6-8,10,18H,5,9H2,1-4H3,(H2,15,16,17);1H. The number of para-hydroxylation sites is 1. The van der Waals surface area contributed by atoms with E-state index in [2.05, 4.69) is 29.5 Å². The van der Waals surface area contributed by atoms with Crippen LogP contribution in [-0.4, -0.2) is 30.8 Å². The van der Waals surface area contributed by atoms with E-state index < -0.39 is 0 Å². The summed E-state index contributed by atoms with van der Waals surface area (Å²) in [5, 5.41) is 16.4. The lowest BCUT2D eigenvalue weighted by Crippen LogP contribution is -2.40. The Hall–Kier alpha value is -1.18. The van der Waals surface area contributed by atoms with Crippen molar-refractivity contribution in [2.45, 2.75) is 33.4 Å². The molecule has 0 heterocycles. The monoisotopic (exact) mass is 393 g/mol. The third-order valence-corrected chi connectivity index (χ3v) is 2.48. The lowest BCUT2D eigenvalue weighted by molar-refractivity contribution is 0.370. The van der Waals surface area contributed by atoms with Crippen LogP contribution in [0, 0.1) is 0 Å². The summed E-state index contributed by atoms with van der Waals surface area (Å²) in [5.41, 5.74) is 0.736. The van der Waals surface area contributed by atoms with Crippen molar-refractivity contribution >= 4 is 29.9 Å². The molecule has 0 aliphatic rings. The lowest BCUT2D eigenvalue weighted by atomic mass is 10.2. The number of aromatic hydroxyl groups is 1. The first kappa shape index (κ1) is 18.8. The Balaban J connectivity index is 0.00000361. The molecule has 0 aliphatic carbocycles. The van der Waals surface area contributed by atoms with E-state index in [1.165, 1.54) is 7.11 Å². The van der Waals surface area contributed by atoms with Gasteiger partial charge < -0.3 is 20.5 Å². The number of aliphatic imine (C=N–C) groups is 1. The molecule has 1 aromatic rings. The first-order chi connectivity index (χ1) is 9.08. The van der Waals surface area contributed by atoms with Crippen LogP contribution < -0.4 is 15.4 Å². The van der Waals surface area contributed by atoms with Gasteiger partial charge in [-0.05, 0) is 26.8 Å². The molecule has 0 saturated carbocycles. The number of phenolic OH excluding ortho intramolecular Hbond substituents is 1. The van der Waals surface area contributed by atoms with Crippen LogP contribution in [0.4, 0.5) is 0 Å². The van der Waals surface area contributed by atoms with Gasteiger partial charge in [-0.2, -0.15) is 0 Å². The Kier molecular flexibility index (Phi) is 9.11. The average Bonchev–Trinajstić information content (AvgIpc) is 2.37. The summed E-state index contributed by atoms with van der Waals surface area (Å²) in [6.07, 6.45) is 0. The molecule has 114 valence electrons. The van der Waals surface area contributed by atoms with Gasteiger partial charge in [0.25, 0.3) is 0 Å². The van der Waals surface area contributed by atoms with E-state index in [9.17, 15) is 5.11 Å². The minimum absolute atomic E-state index is 0. The van der Waals surface area contributed by atoms with Crippen LogP contribution in [0.2, 0.25) is 0 Å². The van der Waals surface area contributed by atoms with Gasteiger partial charge in [0.1, 0.15) is 0 Å². The predicted octanol–water partition coefficient (Wildman–Crippen LogP) is 2.48. The molecule has 0 saturated heterocycles. The fourth-order valence-electron chi connectivity index (χ4n) is 1.62. The second-order valence-electron chi connectivity index (χ2n) is 4.46. The topological polar surface area (TPSA) is 65.9 Å². The fourth-order valence-corrected chi connectivity index (χ4v) is 1.62. The smallest absolute Gasteiger partial charge is 0.191 e. The lowest BCUT2D eigenvalue weighted by Gasteiger charge is -2.14. The fraction of sp³-hybridized carbons (Fsp3) is 0.500. The van der Waals surface area contributed by atoms with Crippen LogP contribution in [0.3, 0.4) is 0 Å². The van der Waals surface area contributed by atoms with E-state index in [-0.39, 0.29) is 29.7 Å². The molecule has 0 bridgehead atoms. The minimum atomic E-state index is 0. The number of benzene rings is 1. The molecule has 0 radical (unpaired) electrons. The first-order valence-electron chi connectivity index (χ1n) is 6.48. The molecule has 0 amide bonds. The largest absolute Gasteiger partial charge is 0.504 e. The molecule has 0 aliphatic heterocycles. The van der Waals surface area contributed by atoms with E-state index >= 15 is 0 Å². The molecule has 0 fully saturated rings. The molecule has 20 heavy (non-hydrogen) atoms. The Morgan fingerprint density at radius 2 is 2.10 bits per heavy atom. The summed E-state index contributed by atoms with van der Waals surface area (Å²) >= 11 is 0. The number of rotatable bonds is 5. The molecular formula is C14H24IN3O2. The van der Waals surface area contributed by atoms with Crippen molar-refractivity contribution in [1.29, 1.82) is 0 Å². The van der Waals surface area contributed by atoms with Crippen molar-refractivity contribution in [3.8, 4) is 11.5 Å². The van der Waals surface area contributed by atoms with Gasteiger partial charge in [0.2, 0.25) is 0 Å². The van der Waals surface area contributed by atoms with Crippen LogP contribution in [0.1, 0.15) is 26.3 Å². The van der Waals surface area contributed by atoms with Gasteiger partial charge >= 0.3 is 0 Å². The highest BCUT2D eigenvalue weighted by atomic mass is 127. The van der Waals surface area contributed by atoms with Gasteiger partial charge in [0, 0.05) is 18.2 Å². The second-order valence-corrected chi connectivity index (χ2v) is 4.46. The normalized spacial score (nSPS) is 10.9. The van der Waals surface area contributed by atoms with Crippen molar-refractivity contribution in [3.05, 3.63) is 23.8 Å². The van der Waals surface area contributed by atoms with Gasteiger partial charge in [0.05, 0.1) is 13.7 Å². The average molecular weight is 393 g/mol. The summed E-state index contributed by atoms with van der Waals surface area (Å²) in [6, 6.07) is 5.70. The van der Waals surface area contributed by atoms with Gasteiger partial charge in [-0.1, -0.05) is 12.1 Å². The number of phenols is 1. The first-order valence-corrected chi connectivity index (χ1v) is 6.48. The van der Waals surface area contributed by atoms with E-state index in [0.29, 0.717) is 18.3 Å². The van der Waals surface area contributed by atoms with E-state index in [1.807, 2.05) is 19.1 Å². The summed E-state index contributed by atoms with van der Waals surface area (Å²) < 4.78 is 5.07. The van der Waals surface area contributed by atoms with E-state index in [4.69, 9.17) is 4.74 Å². The molecule has 1 aromatic carbocycles. The zero-order valence-electron chi connectivity index (χ0n) is 12.4. The van der Waals surface area contributed by atoms with Crippen LogP contribution in [-0.2, 0) is 6.54 Å². The molecule has 6 heteroatoms. The molecule has 5 nitrogen and oxygen atoms in total. The maximum atomic E-state index is 9.98. The van der Waals surface area contributed by atoms with Crippen LogP contribution in [0.5, 0.6) is 11.5 Å². The number of hydrogen-bond acceptors (Lipinski definition) is 3. The highest BCUT2D eigenvalue weighted by Gasteiger charge is 2.07. The van der Waals surface area contributed by atoms with Crippen LogP contribution in [0.15, 0.2) is 23.2 Å².